The molecule has 1 aliphatic rings. The second-order valence-corrected chi connectivity index (χ2v) is 6.32. The second-order valence-electron chi connectivity index (χ2n) is 4.77. The van der Waals surface area contributed by atoms with Crippen molar-refractivity contribution < 1.29 is 14.3 Å². The van der Waals surface area contributed by atoms with E-state index >= 15 is 0 Å². The van der Waals surface area contributed by atoms with Crippen LogP contribution >= 0.6 is 23.6 Å². The lowest BCUT2D eigenvalue weighted by Crippen LogP contribution is -2.34. The molecule has 1 fully saturated rings. The number of carbonyl (C=O) groups excluding carboxylic acids is 1. The number of aryl methyl sites for hydroxylation is 1. The molecule has 5 nitrogen and oxygen atoms in total. The Kier molecular flexibility index (Phi) is 5.96. The number of carbonyl (C=O) groups is 1. The summed E-state index contributed by atoms with van der Waals surface area (Å²) < 4.78 is 10.3. The quantitative estimate of drug-likeness (QED) is 0.640. The van der Waals surface area contributed by atoms with Crippen LogP contribution in [0.25, 0.3) is 0 Å². The molecule has 1 aliphatic heterocycles. The topological polar surface area (TPSA) is 59.6 Å². The minimum absolute atomic E-state index is 0.222. The molecule has 1 unspecified atom stereocenters. The average molecular weight is 328 g/mol. The summed E-state index contributed by atoms with van der Waals surface area (Å²) >= 11 is 6.79. The van der Waals surface area contributed by atoms with E-state index in [2.05, 4.69) is 10.6 Å². The smallest absolute Gasteiger partial charge is 0.340 e. The molecule has 0 spiro atoms. The first kappa shape index (κ1) is 16.2. The Bertz CT molecular complexity index is 510. The van der Waals surface area contributed by atoms with Gasteiger partial charge in [0.2, 0.25) is 0 Å². The number of rotatable bonds is 5. The van der Waals surface area contributed by atoms with Gasteiger partial charge in [0.1, 0.15) is 5.00 Å². The van der Waals surface area contributed by atoms with Crippen molar-refractivity contribution in [1.29, 1.82) is 0 Å². The molecule has 7 heteroatoms. The number of thiocarbonyl (C=S) groups is 1. The number of ether oxygens (including phenoxy) is 2. The zero-order chi connectivity index (χ0) is 15.2. The molecule has 0 aliphatic carbocycles. The first-order valence-electron chi connectivity index (χ1n) is 7.01. The van der Waals surface area contributed by atoms with Gasteiger partial charge < -0.3 is 20.1 Å². The lowest BCUT2D eigenvalue weighted by atomic mass is 10.2. The van der Waals surface area contributed by atoms with Gasteiger partial charge in [0.15, 0.2) is 5.11 Å². The van der Waals surface area contributed by atoms with E-state index in [0.29, 0.717) is 17.2 Å². The molecule has 2 rings (SSSR count). The van der Waals surface area contributed by atoms with Crippen LogP contribution in [-0.2, 0) is 15.9 Å². The standard InChI is InChI=1S/C14H20N2O3S2/c1-3-10-7-11(13(17)18-2)12(21-10)16-14(20)15-8-9-5-4-6-19-9/h7,9H,3-6,8H2,1-2H3,(H2,15,16,20). The zero-order valence-corrected chi connectivity index (χ0v) is 13.9. The third-order valence-corrected chi connectivity index (χ3v) is 4.72. The van der Waals surface area contributed by atoms with E-state index in [1.807, 2.05) is 13.0 Å². The number of nitrogens with one attached hydrogen (secondary N) is 2. The highest BCUT2D eigenvalue weighted by Crippen LogP contribution is 2.29. The van der Waals surface area contributed by atoms with Crippen LogP contribution < -0.4 is 10.6 Å². The van der Waals surface area contributed by atoms with Crippen molar-refractivity contribution in [3.63, 3.8) is 0 Å². The molecule has 0 saturated carbocycles. The molecule has 2 N–H and O–H groups in total. The van der Waals surface area contributed by atoms with E-state index in [-0.39, 0.29) is 12.1 Å². The molecule has 1 aromatic heterocycles. The molecule has 1 atom stereocenters. The number of hydrogen-bond donors (Lipinski definition) is 2. The molecule has 0 radical (unpaired) electrons. The highest BCUT2D eigenvalue weighted by Gasteiger charge is 2.18. The number of methoxy groups -OCH3 is 1. The predicted octanol–water partition coefficient (Wildman–Crippen LogP) is 2.56. The number of thiophene rings is 1. The summed E-state index contributed by atoms with van der Waals surface area (Å²) in [5.41, 5.74) is 0.528. The average Bonchev–Trinajstić information content (AvgIpc) is 3.13. The van der Waals surface area contributed by atoms with Crippen molar-refractivity contribution in [2.45, 2.75) is 32.3 Å². The molecule has 116 valence electrons. The highest BCUT2D eigenvalue weighted by atomic mass is 32.1. The minimum Gasteiger partial charge on any atom is -0.465 e. The Labute approximate surface area is 134 Å². The van der Waals surface area contributed by atoms with Crippen LogP contribution in [0.15, 0.2) is 6.07 Å². The summed E-state index contributed by atoms with van der Waals surface area (Å²) in [7, 11) is 1.38. The normalized spacial score (nSPS) is 17.5. The van der Waals surface area contributed by atoms with Gasteiger partial charge >= 0.3 is 5.97 Å². The van der Waals surface area contributed by atoms with Crippen LogP contribution in [0.3, 0.4) is 0 Å². The Balaban J connectivity index is 1.95. The summed E-state index contributed by atoms with van der Waals surface area (Å²) in [6.45, 7) is 3.56. The fourth-order valence-electron chi connectivity index (χ4n) is 2.13. The van der Waals surface area contributed by atoms with Crippen LogP contribution in [0.5, 0.6) is 0 Å². The minimum atomic E-state index is -0.352. The van der Waals surface area contributed by atoms with Gasteiger partial charge in [0.05, 0.1) is 18.8 Å². The Morgan fingerprint density at radius 2 is 2.43 bits per heavy atom. The van der Waals surface area contributed by atoms with Crippen molar-refractivity contribution in [3.05, 3.63) is 16.5 Å². The number of anilines is 1. The molecule has 21 heavy (non-hydrogen) atoms. The lowest BCUT2D eigenvalue weighted by molar-refractivity contribution is 0.0602. The Hall–Kier alpha value is -1.18. The van der Waals surface area contributed by atoms with Crippen LogP contribution in [0, 0.1) is 0 Å². The van der Waals surface area contributed by atoms with Crippen LogP contribution in [0.2, 0.25) is 0 Å². The highest BCUT2D eigenvalue weighted by molar-refractivity contribution is 7.80. The third-order valence-electron chi connectivity index (χ3n) is 3.28. The summed E-state index contributed by atoms with van der Waals surface area (Å²) in [6.07, 6.45) is 3.25. The zero-order valence-electron chi connectivity index (χ0n) is 12.2. The maximum atomic E-state index is 11.8. The van der Waals surface area contributed by atoms with E-state index < -0.39 is 0 Å². The number of esters is 1. The van der Waals surface area contributed by atoms with Gasteiger partial charge in [-0.3, -0.25) is 0 Å². The van der Waals surface area contributed by atoms with Crippen molar-refractivity contribution >= 4 is 39.6 Å². The van der Waals surface area contributed by atoms with Gasteiger partial charge in [0, 0.05) is 18.0 Å². The summed E-state index contributed by atoms with van der Waals surface area (Å²) in [5.74, 6) is -0.352. The number of hydrogen-bond acceptors (Lipinski definition) is 5. The fraction of sp³-hybridized carbons (Fsp3) is 0.571. The Morgan fingerprint density at radius 3 is 3.05 bits per heavy atom. The van der Waals surface area contributed by atoms with E-state index in [9.17, 15) is 4.79 Å². The van der Waals surface area contributed by atoms with Crippen molar-refractivity contribution in [1.82, 2.24) is 5.32 Å². The van der Waals surface area contributed by atoms with Gasteiger partial charge in [-0.05, 0) is 37.5 Å². The van der Waals surface area contributed by atoms with Gasteiger partial charge in [-0.25, -0.2) is 4.79 Å². The Morgan fingerprint density at radius 1 is 1.62 bits per heavy atom. The van der Waals surface area contributed by atoms with Gasteiger partial charge in [-0.1, -0.05) is 6.92 Å². The van der Waals surface area contributed by atoms with Crippen molar-refractivity contribution in [3.8, 4) is 0 Å². The summed E-state index contributed by atoms with van der Waals surface area (Å²) in [5, 5.41) is 7.45. The molecular weight excluding hydrogens is 308 g/mol. The van der Waals surface area contributed by atoms with E-state index in [1.54, 1.807) is 0 Å². The fourth-order valence-corrected chi connectivity index (χ4v) is 3.37. The summed E-state index contributed by atoms with van der Waals surface area (Å²) in [4.78, 5) is 12.9. The molecular formula is C14H20N2O3S2. The molecule has 1 aromatic rings. The first-order chi connectivity index (χ1) is 10.1. The largest absolute Gasteiger partial charge is 0.465 e. The van der Waals surface area contributed by atoms with E-state index in [0.717, 1.165) is 35.7 Å². The van der Waals surface area contributed by atoms with Gasteiger partial charge in [-0.15, -0.1) is 11.3 Å². The lowest BCUT2D eigenvalue weighted by Gasteiger charge is -2.13. The maximum absolute atomic E-state index is 11.8. The molecule has 1 saturated heterocycles. The molecule has 0 bridgehead atoms. The first-order valence-corrected chi connectivity index (χ1v) is 8.24. The third kappa shape index (κ3) is 4.39. The van der Waals surface area contributed by atoms with Crippen molar-refractivity contribution in [2.75, 3.05) is 25.6 Å². The van der Waals surface area contributed by atoms with Gasteiger partial charge in [0.25, 0.3) is 0 Å². The predicted molar refractivity (Wildman–Crippen MR) is 88.2 cm³/mol. The van der Waals surface area contributed by atoms with Crippen LogP contribution in [0.1, 0.15) is 35.0 Å². The SMILES string of the molecule is CCc1cc(C(=O)OC)c(NC(=S)NCC2CCCO2)s1. The molecule has 0 amide bonds. The van der Waals surface area contributed by atoms with Crippen LogP contribution in [-0.4, -0.2) is 37.4 Å². The summed E-state index contributed by atoms with van der Waals surface area (Å²) in [6, 6.07) is 1.85. The van der Waals surface area contributed by atoms with E-state index in [4.69, 9.17) is 21.7 Å². The van der Waals surface area contributed by atoms with E-state index in [1.165, 1.54) is 18.4 Å². The molecule has 2 heterocycles. The maximum Gasteiger partial charge on any atom is 0.340 e. The van der Waals surface area contributed by atoms with Crippen molar-refractivity contribution in [2.24, 2.45) is 0 Å². The van der Waals surface area contributed by atoms with Crippen LogP contribution in [0.4, 0.5) is 5.00 Å². The second kappa shape index (κ2) is 7.72. The van der Waals surface area contributed by atoms with Gasteiger partial charge in [-0.2, -0.15) is 0 Å². The monoisotopic (exact) mass is 328 g/mol. The molecule has 0 aromatic carbocycles.